The van der Waals surface area contributed by atoms with Crippen LogP contribution in [0.15, 0.2) is 42.5 Å². The summed E-state index contributed by atoms with van der Waals surface area (Å²) in [6, 6.07) is 11.8. The molecule has 0 radical (unpaired) electrons. The third-order valence-electron chi connectivity index (χ3n) is 2.89. The van der Waals surface area contributed by atoms with Gasteiger partial charge in [-0.2, -0.15) is 0 Å². The highest BCUT2D eigenvalue weighted by molar-refractivity contribution is 6.33. The molecule has 2 aromatic carbocycles. The van der Waals surface area contributed by atoms with E-state index in [1.165, 1.54) is 13.2 Å². The molecular formula is C16H12Cl2O3. The van der Waals surface area contributed by atoms with E-state index in [0.29, 0.717) is 26.9 Å². The third kappa shape index (κ3) is 3.57. The van der Waals surface area contributed by atoms with Gasteiger partial charge in [-0.05, 0) is 35.9 Å². The maximum absolute atomic E-state index is 11.6. The fourth-order valence-corrected chi connectivity index (χ4v) is 2.26. The average molecular weight is 323 g/mol. The van der Waals surface area contributed by atoms with Crippen LogP contribution in [0, 0.1) is 0 Å². The largest absolute Gasteiger partial charge is 0.496 e. The number of hydrogen-bond donors (Lipinski definition) is 1. The number of carboxylic acid groups (broad SMARTS) is 1. The fourth-order valence-electron chi connectivity index (χ4n) is 1.89. The molecule has 0 atom stereocenters. The predicted octanol–water partition coefficient (Wildman–Crippen LogP) is 4.63. The quantitative estimate of drug-likeness (QED) is 0.659. The van der Waals surface area contributed by atoms with Crippen LogP contribution in [0.1, 0.15) is 11.1 Å². The van der Waals surface area contributed by atoms with Gasteiger partial charge in [0.1, 0.15) is 5.75 Å². The van der Waals surface area contributed by atoms with E-state index < -0.39 is 5.97 Å². The highest BCUT2D eigenvalue weighted by atomic mass is 35.5. The van der Waals surface area contributed by atoms with Crippen LogP contribution in [0.5, 0.6) is 5.75 Å². The van der Waals surface area contributed by atoms with Gasteiger partial charge in [0.2, 0.25) is 0 Å². The zero-order valence-electron chi connectivity index (χ0n) is 11.1. The summed E-state index contributed by atoms with van der Waals surface area (Å²) in [5, 5.41) is 10.4. The molecule has 21 heavy (non-hydrogen) atoms. The van der Waals surface area contributed by atoms with E-state index in [0.717, 1.165) is 0 Å². The van der Waals surface area contributed by atoms with Crippen LogP contribution in [-0.4, -0.2) is 18.2 Å². The molecular weight excluding hydrogens is 311 g/mol. The van der Waals surface area contributed by atoms with Gasteiger partial charge in [-0.15, -0.1) is 0 Å². The molecule has 0 saturated heterocycles. The lowest BCUT2D eigenvalue weighted by atomic mass is 10.0. The van der Waals surface area contributed by atoms with E-state index in [2.05, 4.69) is 0 Å². The summed E-state index contributed by atoms with van der Waals surface area (Å²) < 4.78 is 5.20. The van der Waals surface area contributed by atoms with Crippen molar-refractivity contribution in [1.29, 1.82) is 0 Å². The van der Waals surface area contributed by atoms with Crippen molar-refractivity contribution in [3.05, 3.63) is 63.6 Å². The van der Waals surface area contributed by atoms with E-state index in [1.54, 1.807) is 42.5 Å². The van der Waals surface area contributed by atoms with Gasteiger partial charge >= 0.3 is 5.97 Å². The summed E-state index contributed by atoms with van der Waals surface area (Å²) in [6.45, 7) is 0. The number of halogens is 2. The van der Waals surface area contributed by atoms with Crippen LogP contribution < -0.4 is 4.74 Å². The lowest BCUT2D eigenvalue weighted by molar-refractivity contribution is -0.130. The highest BCUT2D eigenvalue weighted by Crippen LogP contribution is 2.31. The molecule has 0 aliphatic carbocycles. The molecule has 5 heteroatoms. The lowest BCUT2D eigenvalue weighted by Crippen LogP contribution is -2.02. The summed E-state index contributed by atoms with van der Waals surface area (Å²) in [6.07, 6.45) is 1.50. The summed E-state index contributed by atoms with van der Waals surface area (Å²) >= 11 is 12.0. The van der Waals surface area contributed by atoms with E-state index in [1.807, 2.05) is 0 Å². The molecule has 2 aromatic rings. The zero-order chi connectivity index (χ0) is 15.4. The lowest BCUT2D eigenvalue weighted by Gasteiger charge is -2.10. The molecule has 1 N–H and O–H groups in total. The maximum Gasteiger partial charge on any atom is 0.336 e. The Morgan fingerprint density at radius 1 is 1.19 bits per heavy atom. The monoisotopic (exact) mass is 322 g/mol. The molecule has 2 rings (SSSR count). The van der Waals surface area contributed by atoms with Gasteiger partial charge in [-0.3, -0.25) is 0 Å². The second-order valence-corrected chi connectivity index (χ2v) is 5.07. The summed E-state index contributed by atoms with van der Waals surface area (Å²) in [5.74, 6) is -0.657. The van der Waals surface area contributed by atoms with Crippen LogP contribution in [0.2, 0.25) is 10.0 Å². The van der Waals surface area contributed by atoms with Crippen molar-refractivity contribution >= 4 is 40.8 Å². The first-order valence-electron chi connectivity index (χ1n) is 6.06. The molecule has 0 amide bonds. The second kappa shape index (κ2) is 6.66. The van der Waals surface area contributed by atoms with Gasteiger partial charge in [0, 0.05) is 15.6 Å². The molecule has 0 bridgehead atoms. The Morgan fingerprint density at radius 3 is 2.52 bits per heavy atom. The van der Waals surface area contributed by atoms with Gasteiger partial charge in [0.25, 0.3) is 0 Å². The molecule has 3 nitrogen and oxygen atoms in total. The number of carbonyl (C=O) groups is 1. The minimum absolute atomic E-state index is 0.0578. The van der Waals surface area contributed by atoms with Gasteiger partial charge in [-0.25, -0.2) is 4.79 Å². The maximum atomic E-state index is 11.6. The topological polar surface area (TPSA) is 46.5 Å². The standard InChI is InChI=1S/C16H12Cl2O3/c1-21-15-7-6-11(17)9-12(15)13(16(19)20)8-10-4-2-3-5-14(10)18/h2-9H,1H3,(H,19,20)/b13-8-. The molecule has 0 heterocycles. The van der Waals surface area contributed by atoms with Gasteiger partial charge in [-0.1, -0.05) is 41.4 Å². The minimum atomic E-state index is -1.09. The van der Waals surface area contributed by atoms with Crippen LogP contribution in [0.25, 0.3) is 11.6 Å². The molecule has 0 unspecified atom stereocenters. The molecule has 0 fully saturated rings. The molecule has 0 saturated carbocycles. The van der Waals surface area contributed by atoms with Crippen molar-refractivity contribution in [1.82, 2.24) is 0 Å². The SMILES string of the molecule is COc1ccc(Cl)cc1/C(=C/c1ccccc1Cl)C(=O)O. The molecule has 0 aliphatic heterocycles. The Morgan fingerprint density at radius 2 is 1.90 bits per heavy atom. The Hall–Kier alpha value is -1.97. The Bertz CT molecular complexity index is 708. The molecule has 0 aliphatic rings. The number of carboxylic acids is 1. The molecule has 108 valence electrons. The number of hydrogen-bond acceptors (Lipinski definition) is 2. The second-order valence-electron chi connectivity index (χ2n) is 4.23. The first-order valence-corrected chi connectivity index (χ1v) is 6.82. The Kier molecular flexibility index (Phi) is 4.89. The third-order valence-corrected chi connectivity index (χ3v) is 3.47. The van der Waals surface area contributed by atoms with Crippen LogP contribution in [-0.2, 0) is 4.79 Å². The Labute approximate surface area is 132 Å². The van der Waals surface area contributed by atoms with Crippen molar-refractivity contribution in [2.75, 3.05) is 7.11 Å². The molecule has 0 aromatic heterocycles. The number of ether oxygens (including phenoxy) is 1. The van der Waals surface area contributed by atoms with Gasteiger partial charge in [0.05, 0.1) is 12.7 Å². The van der Waals surface area contributed by atoms with Gasteiger partial charge < -0.3 is 9.84 Å². The number of aliphatic carboxylic acids is 1. The smallest absolute Gasteiger partial charge is 0.336 e. The van der Waals surface area contributed by atoms with Crippen LogP contribution in [0.4, 0.5) is 0 Å². The first-order chi connectivity index (χ1) is 10.0. The van der Waals surface area contributed by atoms with Crippen molar-refractivity contribution in [3.63, 3.8) is 0 Å². The number of methoxy groups -OCH3 is 1. The van der Waals surface area contributed by atoms with Crippen molar-refractivity contribution in [2.24, 2.45) is 0 Å². The van der Waals surface area contributed by atoms with E-state index >= 15 is 0 Å². The van der Waals surface area contributed by atoms with E-state index in [4.69, 9.17) is 27.9 Å². The predicted molar refractivity (Wildman–Crippen MR) is 85.0 cm³/mol. The zero-order valence-corrected chi connectivity index (χ0v) is 12.7. The summed E-state index contributed by atoms with van der Waals surface area (Å²) in [5.41, 5.74) is 1.07. The normalized spacial score (nSPS) is 11.3. The van der Waals surface area contributed by atoms with Crippen molar-refractivity contribution in [3.8, 4) is 5.75 Å². The van der Waals surface area contributed by atoms with Crippen molar-refractivity contribution < 1.29 is 14.6 Å². The first kappa shape index (κ1) is 15.4. The number of benzene rings is 2. The average Bonchev–Trinajstić information content (AvgIpc) is 2.46. The van der Waals surface area contributed by atoms with E-state index in [-0.39, 0.29) is 5.57 Å². The summed E-state index contributed by atoms with van der Waals surface area (Å²) in [7, 11) is 1.47. The minimum Gasteiger partial charge on any atom is -0.496 e. The van der Waals surface area contributed by atoms with Crippen molar-refractivity contribution in [2.45, 2.75) is 0 Å². The van der Waals surface area contributed by atoms with Gasteiger partial charge in [0.15, 0.2) is 0 Å². The Balaban J connectivity index is 2.63. The van der Waals surface area contributed by atoms with E-state index in [9.17, 15) is 9.90 Å². The van der Waals surface area contributed by atoms with Crippen LogP contribution >= 0.6 is 23.2 Å². The van der Waals surface area contributed by atoms with Crippen LogP contribution in [0.3, 0.4) is 0 Å². The highest BCUT2D eigenvalue weighted by Gasteiger charge is 2.16. The fraction of sp³-hybridized carbons (Fsp3) is 0.0625. The summed E-state index contributed by atoms with van der Waals surface area (Å²) in [4.78, 5) is 11.6. The number of rotatable bonds is 4. The molecule has 0 spiro atoms.